The summed E-state index contributed by atoms with van der Waals surface area (Å²) in [5.74, 6) is -3.51. The van der Waals surface area contributed by atoms with Gasteiger partial charge in [-0.15, -0.1) is 0 Å². The summed E-state index contributed by atoms with van der Waals surface area (Å²) in [6, 6.07) is 0.952. The van der Waals surface area contributed by atoms with Crippen molar-refractivity contribution in [3.8, 4) is 6.01 Å². The molecular formula is C11H8ClF3N4O. The fraction of sp³-hybridized carbons (Fsp3) is 0.182. The maximum Gasteiger partial charge on any atom is 0.322 e. The molecule has 0 aliphatic rings. The van der Waals surface area contributed by atoms with E-state index in [0.29, 0.717) is 12.1 Å². The zero-order valence-electron chi connectivity index (χ0n) is 10.1. The van der Waals surface area contributed by atoms with Crippen LogP contribution >= 0.6 is 11.6 Å². The van der Waals surface area contributed by atoms with E-state index in [1.54, 1.807) is 6.92 Å². The van der Waals surface area contributed by atoms with Gasteiger partial charge < -0.3 is 10.1 Å². The number of benzene rings is 1. The largest absolute Gasteiger partial charge is 0.464 e. The highest BCUT2D eigenvalue weighted by atomic mass is 35.5. The van der Waals surface area contributed by atoms with Crippen LogP contribution in [0.1, 0.15) is 6.92 Å². The third-order valence-corrected chi connectivity index (χ3v) is 2.27. The molecule has 1 N–H and O–H groups in total. The molecule has 0 spiro atoms. The van der Waals surface area contributed by atoms with Crippen LogP contribution in [0.4, 0.5) is 24.8 Å². The Bertz CT molecular complexity index is 618. The van der Waals surface area contributed by atoms with Crippen molar-refractivity contribution in [2.45, 2.75) is 6.92 Å². The van der Waals surface area contributed by atoms with Crippen molar-refractivity contribution in [1.29, 1.82) is 0 Å². The zero-order chi connectivity index (χ0) is 14.7. The number of hydrogen-bond donors (Lipinski definition) is 1. The third-order valence-electron chi connectivity index (χ3n) is 2.10. The van der Waals surface area contributed by atoms with Crippen molar-refractivity contribution in [2.24, 2.45) is 0 Å². The number of aromatic nitrogens is 3. The molecule has 1 heterocycles. The quantitative estimate of drug-likeness (QED) is 0.940. The minimum atomic E-state index is -1.13. The average Bonchev–Trinajstić information content (AvgIpc) is 2.33. The van der Waals surface area contributed by atoms with Crippen molar-refractivity contribution >= 4 is 23.2 Å². The molecule has 106 valence electrons. The van der Waals surface area contributed by atoms with E-state index in [-0.39, 0.29) is 23.8 Å². The van der Waals surface area contributed by atoms with Gasteiger partial charge in [-0.1, -0.05) is 0 Å². The summed E-state index contributed by atoms with van der Waals surface area (Å²) in [6.07, 6.45) is 0. The van der Waals surface area contributed by atoms with Crippen LogP contribution < -0.4 is 10.1 Å². The predicted octanol–water partition coefficient (Wildman–Crippen LogP) is 3.08. The summed E-state index contributed by atoms with van der Waals surface area (Å²) in [5.41, 5.74) is -0.601. The molecule has 1 aromatic heterocycles. The molecule has 20 heavy (non-hydrogen) atoms. The molecular weight excluding hydrogens is 297 g/mol. The van der Waals surface area contributed by atoms with E-state index in [1.807, 2.05) is 0 Å². The van der Waals surface area contributed by atoms with Gasteiger partial charge >= 0.3 is 6.01 Å². The number of halogens is 4. The Kier molecular flexibility index (Phi) is 4.23. The second-order valence-electron chi connectivity index (χ2n) is 3.51. The topological polar surface area (TPSA) is 59.9 Å². The van der Waals surface area contributed by atoms with Crippen molar-refractivity contribution in [3.05, 3.63) is 34.9 Å². The van der Waals surface area contributed by atoms with Crippen LogP contribution in [0.15, 0.2) is 12.1 Å². The Morgan fingerprint density at radius 3 is 2.40 bits per heavy atom. The molecule has 0 saturated carbocycles. The maximum absolute atomic E-state index is 13.5. The molecule has 0 radical (unpaired) electrons. The van der Waals surface area contributed by atoms with Crippen LogP contribution in [0.5, 0.6) is 6.01 Å². The summed E-state index contributed by atoms with van der Waals surface area (Å²) in [5, 5.41) is 2.05. The van der Waals surface area contributed by atoms with Gasteiger partial charge in [-0.25, -0.2) is 13.2 Å². The summed E-state index contributed by atoms with van der Waals surface area (Å²) in [6.45, 7) is 1.98. The number of nitrogens with one attached hydrogen (secondary N) is 1. The minimum Gasteiger partial charge on any atom is -0.464 e. The van der Waals surface area contributed by atoms with Crippen molar-refractivity contribution in [1.82, 2.24) is 15.0 Å². The monoisotopic (exact) mass is 304 g/mol. The van der Waals surface area contributed by atoms with E-state index in [2.05, 4.69) is 20.3 Å². The van der Waals surface area contributed by atoms with Crippen molar-refractivity contribution in [3.63, 3.8) is 0 Å². The van der Waals surface area contributed by atoms with Crippen LogP contribution in [-0.2, 0) is 0 Å². The first-order valence-electron chi connectivity index (χ1n) is 5.45. The predicted molar refractivity (Wildman–Crippen MR) is 65.6 cm³/mol. The maximum atomic E-state index is 13.5. The van der Waals surface area contributed by atoms with Crippen LogP contribution in [0, 0.1) is 17.5 Å². The molecule has 5 nitrogen and oxygen atoms in total. The van der Waals surface area contributed by atoms with Gasteiger partial charge in [0.1, 0.15) is 11.5 Å². The number of nitrogens with zero attached hydrogens (tertiary/aromatic N) is 3. The van der Waals surface area contributed by atoms with Gasteiger partial charge in [0, 0.05) is 12.1 Å². The second kappa shape index (κ2) is 5.91. The lowest BCUT2D eigenvalue weighted by Gasteiger charge is -2.08. The van der Waals surface area contributed by atoms with E-state index in [4.69, 9.17) is 16.3 Å². The first-order valence-corrected chi connectivity index (χ1v) is 5.83. The highest BCUT2D eigenvalue weighted by Crippen LogP contribution is 2.23. The molecule has 0 aliphatic heterocycles. The smallest absolute Gasteiger partial charge is 0.322 e. The third kappa shape index (κ3) is 3.27. The van der Waals surface area contributed by atoms with E-state index in [9.17, 15) is 13.2 Å². The van der Waals surface area contributed by atoms with Crippen molar-refractivity contribution < 1.29 is 17.9 Å². The SMILES string of the molecule is CCOc1nc(Cl)nc(Nc2c(F)cc(F)cc2F)n1. The molecule has 9 heteroatoms. The normalized spacial score (nSPS) is 10.4. The van der Waals surface area contributed by atoms with Crippen LogP contribution in [0.2, 0.25) is 5.28 Å². The lowest BCUT2D eigenvalue weighted by Crippen LogP contribution is -2.06. The highest BCUT2D eigenvalue weighted by molar-refractivity contribution is 6.28. The van der Waals surface area contributed by atoms with Crippen LogP contribution in [-0.4, -0.2) is 21.6 Å². The zero-order valence-corrected chi connectivity index (χ0v) is 10.9. The average molecular weight is 305 g/mol. The Hall–Kier alpha value is -2.09. The van der Waals surface area contributed by atoms with Crippen molar-refractivity contribution in [2.75, 3.05) is 11.9 Å². The molecule has 0 amide bonds. The van der Waals surface area contributed by atoms with E-state index in [0.717, 1.165) is 0 Å². The molecule has 0 unspecified atom stereocenters. The molecule has 0 atom stereocenters. The first kappa shape index (κ1) is 14.3. The molecule has 2 rings (SSSR count). The van der Waals surface area contributed by atoms with Gasteiger partial charge in [-0.05, 0) is 18.5 Å². The molecule has 2 aromatic rings. The van der Waals surface area contributed by atoms with Gasteiger partial charge in [0.2, 0.25) is 11.2 Å². The number of ether oxygens (including phenoxy) is 1. The van der Waals surface area contributed by atoms with E-state index >= 15 is 0 Å². The van der Waals surface area contributed by atoms with Crippen LogP contribution in [0.25, 0.3) is 0 Å². The second-order valence-corrected chi connectivity index (χ2v) is 3.85. The standard InChI is InChI=1S/C11H8ClF3N4O/c1-2-20-11-18-9(12)17-10(19-11)16-8-6(14)3-5(13)4-7(8)15/h3-4H,2H2,1H3,(H,16,17,18,19). The van der Waals surface area contributed by atoms with Gasteiger partial charge in [0.25, 0.3) is 0 Å². The van der Waals surface area contributed by atoms with Crippen LogP contribution in [0.3, 0.4) is 0 Å². The molecule has 0 saturated heterocycles. The highest BCUT2D eigenvalue weighted by Gasteiger charge is 2.14. The summed E-state index contributed by atoms with van der Waals surface area (Å²) in [7, 11) is 0. The lowest BCUT2D eigenvalue weighted by molar-refractivity contribution is 0.312. The molecule has 0 aliphatic carbocycles. The number of hydrogen-bond acceptors (Lipinski definition) is 5. The number of anilines is 2. The summed E-state index contributed by atoms with van der Waals surface area (Å²) < 4.78 is 44.7. The lowest BCUT2D eigenvalue weighted by atomic mass is 10.3. The van der Waals surface area contributed by atoms with Gasteiger partial charge in [-0.2, -0.15) is 15.0 Å². The first-order chi connectivity index (χ1) is 9.49. The molecule has 1 aromatic carbocycles. The fourth-order valence-electron chi connectivity index (χ4n) is 1.35. The minimum absolute atomic E-state index is 0.0991. The Morgan fingerprint density at radius 2 is 1.80 bits per heavy atom. The van der Waals surface area contributed by atoms with Gasteiger partial charge in [-0.3, -0.25) is 0 Å². The number of rotatable bonds is 4. The summed E-state index contributed by atoms with van der Waals surface area (Å²) >= 11 is 5.63. The Balaban J connectivity index is 2.35. The van der Waals surface area contributed by atoms with E-state index in [1.165, 1.54) is 0 Å². The Morgan fingerprint density at radius 1 is 1.15 bits per heavy atom. The Labute approximate surface area is 116 Å². The van der Waals surface area contributed by atoms with Gasteiger partial charge in [0.05, 0.1) is 6.61 Å². The molecule has 0 fully saturated rings. The van der Waals surface area contributed by atoms with Gasteiger partial charge in [0.15, 0.2) is 11.6 Å². The molecule has 0 bridgehead atoms. The fourth-order valence-corrected chi connectivity index (χ4v) is 1.51. The summed E-state index contributed by atoms with van der Waals surface area (Å²) in [4.78, 5) is 11.1. The van der Waals surface area contributed by atoms with E-state index < -0.39 is 23.1 Å².